The standard InChI is InChI=1S/C18H21N5O/c1-15(12-23-8-3-6-21-23)11-20-18(24)17-5-2-4-16(10-17)13-22-9-7-19-14-22/h2-10,14-15H,11-13H2,1H3,(H,20,24)/t15-/m1/s1. The molecule has 2 aromatic heterocycles. The van der Waals surface area contributed by atoms with E-state index in [2.05, 4.69) is 22.3 Å². The first-order valence-electron chi connectivity index (χ1n) is 8.01. The number of imidazole rings is 1. The Labute approximate surface area is 141 Å². The largest absolute Gasteiger partial charge is 0.352 e. The topological polar surface area (TPSA) is 64.7 Å². The molecule has 2 heterocycles. The molecular formula is C18H21N5O. The molecule has 3 aromatic rings. The van der Waals surface area contributed by atoms with E-state index in [0.29, 0.717) is 24.6 Å². The number of benzene rings is 1. The van der Waals surface area contributed by atoms with Crippen LogP contribution in [0.15, 0.2) is 61.4 Å². The summed E-state index contributed by atoms with van der Waals surface area (Å²) in [5.41, 5.74) is 1.75. The Morgan fingerprint density at radius 2 is 2.17 bits per heavy atom. The predicted molar refractivity (Wildman–Crippen MR) is 91.5 cm³/mol. The summed E-state index contributed by atoms with van der Waals surface area (Å²) in [4.78, 5) is 16.4. The van der Waals surface area contributed by atoms with Crippen LogP contribution in [0.25, 0.3) is 0 Å². The highest BCUT2D eigenvalue weighted by Crippen LogP contribution is 2.08. The number of hydrogen-bond acceptors (Lipinski definition) is 3. The van der Waals surface area contributed by atoms with E-state index >= 15 is 0 Å². The summed E-state index contributed by atoms with van der Waals surface area (Å²) in [6, 6.07) is 9.58. The number of carbonyl (C=O) groups excluding carboxylic acids is 1. The molecule has 1 N–H and O–H groups in total. The molecule has 0 saturated heterocycles. The predicted octanol–water partition coefficient (Wildman–Crippen LogP) is 2.19. The van der Waals surface area contributed by atoms with Gasteiger partial charge in [0.15, 0.2) is 0 Å². The van der Waals surface area contributed by atoms with Crippen molar-refractivity contribution in [3.63, 3.8) is 0 Å². The molecule has 0 unspecified atom stereocenters. The van der Waals surface area contributed by atoms with Crippen LogP contribution in [0.3, 0.4) is 0 Å². The highest BCUT2D eigenvalue weighted by Gasteiger charge is 2.09. The Morgan fingerprint density at radius 3 is 2.92 bits per heavy atom. The van der Waals surface area contributed by atoms with Gasteiger partial charge in [-0.05, 0) is 29.7 Å². The van der Waals surface area contributed by atoms with Gasteiger partial charge in [0, 0.05) is 50.0 Å². The third-order valence-corrected chi connectivity index (χ3v) is 3.78. The van der Waals surface area contributed by atoms with Crippen molar-refractivity contribution < 1.29 is 4.79 Å². The summed E-state index contributed by atoms with van der Waals surface area (Å²) >= 11 is 0. The molecule has 0 aliphatic rings. The van der Waals surface area contributed by atoms with Crippen molar-refractivity contribution in [2.45, 2.75) is 20.0 Å². The Kier molecular flexibility index (Phi) is 5.05. The quantitative estimate of drug-likeness (QED) is 0.725. The highest BCUT2D eigenvalue weighted by atomic mass is 16.1. The van der Waals surface area contributed by atoms with Gasteiger partial charge in [-0.3, -0.25) is 9.48 Å². The summed E-state index contributed by atoms with van der Waals surface area (Å²) in [7, 11) is 0. The van der Waals surface area contributed by atoms with Crippen LogP contribution in [0.4, 0.5) is 0 Å². The molecule has 6 nitrogen and oxygen atoms in total. The average molecular weight is 323 g/mol. The SMILES string of the molecule is C[C@H](CNC(=O)c1cccc(Cn2ccnc2)c1)Cn1cccn1. The minimum absolute atomic E-state index is 0.0465. The highest BCUT2D eigenvalue weighted by molar-refractivity contribution is 5.94. The number of aromatic nitrogens is 4. The van der Waals surface area contributed by atoms with Crippen molar-refractivity contribution >= 4 is 5.91 Å². The number of nitrogens with zero attached hydrogens (tertiary/aromatic N) is 4. The Bertz CT molecular complexity index is 765. The molecule has 0 fully saturated rings. The van der Waals surface area contributed by atoms with E-state index in [0.717, 1.165) is 12.1 Å². The number of amides is 1. The zero-order valence-corrected chi connectivity index (χ0v) is 13.7. The Balaban J connectivity index is 1.54. The van der Waals surface area contributed by atoms with Crippen molar-refractivity contribution in [1.29, 1.82) is 0 Å². The molecule has 0 bridgehead atoms. The molecule has 1 atom stereocenters. The van der Waals surface area contributed by atoms with Crippen molar-refractivity contribution in [2.75, 3.05) is 6.54 Å². The van der Waals surface area contributed by atoms with Gasteiger partial charge in [-0.2, -0.15) is 5.10 Å². The second-order valence-electron chi connectivity index (χ2n) is 5.98. The summed E-state index contributed by atoms with van der Waals surface area (Å²) in [5, 5.41) is 7.18. The Hall–Kier alpha value is -2.89. The first-order valence-corrected chi connectivity index (χ1v) is 8.01. The maximum Gasteiger partial charge on any atom is 0.251 e. The smallest absolute Gasteiger partial charge is 0.251 e. The fourth-order valence-corrected chi connectivity index (χ4v) is 2.56. The normalized spacial score (nSPS) is 12.0. The molecule has 0 aliphatic heterocycles. The van der Waals surface area contributed by atoms with Crippen LogP contribution < -0.4 is 5.32 Å². The first kappa shape index (κ1) is 16.0. The van der Waals surface area contributed by atoms with Crippen LogP contribution in [0.2, 0.25) is 0 Å². The van der Waals surface area contributed by atoms with E-state index in [1.807, 2.05) is 52.0 Å². The van der Waals surface area contributed by atoms with E-state index in [9.17, 15) is 4.79 Å². The molecular weight excluding hydrogens is 302 g/mol. The fraction of sp³-hybridized carbons (Fsp3) is 0.278. The van der Waals surface area contributed by atoms with E-state index in [4.69, 9.17) is 0 Å². The molecule has 124 valence electrons. The van der Waals surface area contributed by atoms with Gasteiger partial charge >= 0.3 is 0 Å². The van der Waals surface area contributed by atoms with Gasteiger partial charge in [0.2, 0.25) is 0 Å². The van der Waals surface area contributed by atoms with Gasteiger partial charge in [-0.15, -0.1) is 0 Å². The summed E-state index contributed by atoms with van der Waals surface area (Å²) < 4.78 is 3.85. The van der Waals surface area contributed by atoms with E-state index < -0.39 is 0 Å². The number of nitrogens with one attached hydrogen (secondary N) is 1. The molecule has 6 heteroatoms. The monoisotopic (exact) mass is 323 g/mol. The van der Waals surface area contributed by atoms with Gasteiger partial charge in [0.25, 0.3) is 5.91 Å². The van der Waals surface area contributed by atoms with Crippen LogP contribution in [0.1, 0.15) is 22.8 Å². The third-order valence-electron chi connectivity index (χ3n) is 3.78. The van der Waals surface area contributed by atoms with E-state index in [-0.39, 0.29) is 5.91 Å². The lowest BCUT2D eigenvalue weighted by atomic mass is 10.1. The minimum Gasteiger partial charge on any atom is -0.352 e. The average Bonchev–Trinajstić information content (AvgIpc) is 3.27. The molecule has 1 amide bonds. The molecule has 1 aromatic carbocycles. The molecule has 3 rings (SSSR count). The van der Waals surface area contributed by atoms with E-state index in [1.54, 1.807) is 18.7 Å². The lowest BCUT2D eigenvalue weighted by Gasteiger charge is -2.13. The van der Waals surface area contributed by atoms with Gasteiger partial charge in [0.1, 0.15) is 0 Å². The zero-order valence-electron chi connectivity index (χ0n) is 13.7. The fourth-order valence-electron chi connectivity index (χ4n) is 2.56. The van der Waals surface area contributed by atoms with Crippen molar-refractivity contribution in [3.8, 4) is 0 Å². The molecule has 0 saturated carbocycles. The van der Waals surface area contributed by atoms with Crippen LogP contribution in [-0.2, 0) is 13.1 Å². The zero-order chi connectivity index (χ0) is 16.8. The van der Waals surface area contributed by atoms with Crippen molar-refractivity contribution in [2.24, 2.45) is 5.92 Å². The maximum absolute atomic E-state index is 12.4. The van der Waals surface area contributed by atoms with Crippen LogP contribution in [-0.4, -0.2) is 31.8 Å². The number of hydrogen-bond donors (Lipinski definition) is 1. The first-order chi connectivity index (χ1) is 11.7. The van der Waals surface area contributed by atoms with E-state index in [1.165, 1.54) is 0 Å². The lowest BCUT2D eigenvalue weighted by molar-refractivity contribution is 0.0946. The number of carbonyl (C=O) groups is 1. The summed E-state index contributed by atoms with van der Waals surface area (Å²) in [6.45, 7) is 4.20. The summed E-state index contributed by atoms with van der Waals surface area (Å²) in [6.07, 6.45) is 9.11. The lowest BCUT2D eigenvalue weighted by Crippen LogP contribution is -2.30. The van der Waals surface area contributed by atoms with Gasteiger partial charge in [-0.1, -0.05) is 19.1 Å². The number of rotatable bonds is 7. The molecule has 0 radical (unpaired) electrons. The minimum atomic E-state index is -0.0465. The molecule has 0 spiro atoms. The van der Waals surface area contributed by atoms with Crippen LogP contribution in [0, 0.1) is 5.92 Å². The van der Waals surface area contributed by atoms with Gasteiger partial charge < -0.3 is 9.88 Å². The second-order valence-corrected chi connectivity index (χ2v) is 5.98. The van der Waals surface area contributed by atoms with Crippen molar-refractivity contribution in [3.05, 3.63) is 72.6 Å². The second kappa shape index (κ2) is 7.59. The van der Waals surface area contributed by atoms with Crippen LogP contribution in [0.5, 0.6) is 0 Å². The third kappa shape index (κ3) is 4.32. The molecule has 0 aliphatic carbocycles. The van der Waals surface area contributed by atoms with Gasteiger partial charge in [-0.25, -0.2) is 4.98 Å². The van der Waals surface area contributed by atoms with Gasteiger partial charge in [0.05, 0.1) is 6.33 Å². The summed E-state index contributed by atoms with van der Waals surface area (Å²) in [5.74, 6) is 0.262. The maximum atomic E-state index is 12.4. The van der Waals surface area contributed by atoms with Crippen molar-refractivity contribution in [1.82, 2.24) is 24.6 Å². The molecule has 24 heavy (non-hydrogen) atoms. The Morgan fingerprint density at radius 1 is 1.25 bits per heavy atom. The van der Waals surface area contributed by atoms with Crippen LogP contribution >= 0.6 is 0 Å².